The third kappa shape index (κ3) is 4.58. The summed E-state index contributed by atoms with van der Waals surface area (Å²) in [4.78, 5) is 40.1. The van der Waals surface area contributed by atoms with Gasteiger partial charge in [-0.15, -0.1) is 0 Å². The van der Waals surface area contributed by atoms with Crippen molar-refractivity contribution in [2.45, 2.75) is 19.4 Å². The molecule has 1 aliphatic heterocycles. The van der Waals surface area contributed by atoms with Gasteiger partial charge in [-0.05, 0) is 49.2 Å². The van der Waals surface area contributed by atoms with E-state index in [0.717, 1.165) is 17.0 Å². The van der Waals surface area contributed by atoms with Gasteiger partial charge in [0.15, 0.2) is 17.4 Å². The number of amides is 3. The SMILES string of the molecule is Cc1oc(C(=O)NC(Cc2ccc(F)c(F)c2)CN2C(=O)c3ccccc3C2=O)cc1-c1c(Cl)cnn1C. The first-order valence-electron chi connectivity index (χ1n) is 11.6. The van der Waals surface area contributed by atoms with Crippen LogP contribution < -0.4 is 5.32 Å². The lowest BCUT2D eigenvalue weighted by atomic mass is 10.0. The molecule has 1 aliphatic rings. The molecule has 0 saturated heterocycles. The average Bonchev–Trinajstić information content (AvgIpc) is 3.51. The molecular formula is C27H21ClF2N4O4. The molecule has 4 aromatic rings. The summed E-state index contributed by atoms with van der Waals surface area (Å²) in [6.07, 6.45) is 1.49. The number of benzene rings is 2. The Labute approximate surface area is 220 Å². The molecule has 38 heavy (non-hydrogen) atoms. The lowest BCUT2D eigenvalue weighted by Gasteiger charge is -2.23. The Morgan fingerprint density at radius 2 is 1.74 bits per heavy atom. The first-order chi connectivity index (χ1) is 18.1. The maximum absolute atomic E-state index is 13.9. The summed E-state index contributed by atoms with van der Waals surface area (Å²) in [5.41, 5.74) is 2.02. The molecule has 0 saturated carbocycles. The fourth-order valence-electron chi connectivity index (χ4n) is 4.54. The smallest absolute Gasteiger partial charge is 0.287 e. The molecule has 0 bridgehead atoms. The molecule has 0 aliphatic carbocycles. The van der Waals surface area contributed by atoms with Crippen molar-refractivity contribution < 1.29 is 27.6 Å². The molecule has 1 unspecified atom stereocenters. The molecule has 1 atom stereocenters. The van der Waals surface area contributed by atoms with Gasteiger partial charge in [0.25, 0.3) is 17.7 Å². The highest BCUT2D eigenvalue weighted by atomic mass is 35.5. The molecule has 1 N–H and O–H groups in total. The lowest BCUT2D eigenvalue weighted by molar-refractivity contribution is 0.0627. The molecule has 194 valence electrons. The second-order valence-corrected chi connectivity index (χ2v) is 9.34. The highest BCUT2D eigenvalue weighted by Crippen LogP contribution is 2.32. The third-order valence-electron chi connectivity index (χ3n) is 6.37. The Morgan fingerprint density at radius 3 is 2.34 bits per heavy atom. The fourth-order valence-corrected chi connectivity index (χ4v) is 4.80. The molecule has 2 aromatic carbocycles. The second-order valence-electron chi connectivity index (χ2n) is 8.93. The van der Waals surface area contributed by atoms with E-state index in [1.54, 1.807) is 42.9 Å². The summed E-state index contributed by atoms with van der Waals surface area (Å²) in [7, 11) is 1.70. The van der Waals surface area contributed by atoms with Crippen LogP contribution in [0.2, 0.25) is 5.02 Å². The van der Waals surface area contributed by atoms with Gasteiger partial charge in [0, 0.05) is 19.2 Å². The number of carbonyl (C=O) groups excluding carboxylic acids is 3. The quantitative estimate of drug-likeness (QED) is 0.348. The maximum Gasteiger partial charge on any atom is 0.287 e. The van der Waals surface area contributed by atoms with Crippen LogP contribution in [0.15, 0.2) is 59.1 Å². The lowest BCUT2D eigenvalue weighted by Crippen LogP contribution is -2.46. The van der Waals surface area contributed by atoms with Crippen LogP contribution in [-0.4, -0.2) is 45.0 Å². The van der Waals surface area contributed by atoms with E-state index in [1.807, 2.05) is 0 Å². The number of imide groups is 1. The third-order valence-corrected chi connectivity index (χ3v) is 6.65. The Morgan fingerprint density at radius 1 is 1.05 bits per heavy atom. The minimum atomic E-state index is -1.05. The molecule has 0 fully saturated rings. The van der Waals surface area contributed by atoms with Gasteiger partial charge in [0.05, 0.1) is 34.1 Å². The Bertz CT molecular complexity index is 1540. The van der Waals surface area contributed by atoms with Crippen LogP contribution >= 0.6 is 11.6 Å². The molecule has 3 amide bonds. The van der Waals surface area contributed by atoms with Crippen molar-refractivity contribution in [3.05, 3.63) is 99.6 Å². The second kappa shape index (κ2) is 9.86. The zero-order chi connectivity index (χ0) is 27.1. The normalized spacial score (nSPS) is 13.7. The van der Waals surface area contributed by atoms with E-state index < -0.39 is 35.4 Å². The highest BCUT2D eigenvalue weighted by Gasteiger charge is 2.37. The zero-order valence-electron chi connectivity index (χ0n) is 20.3. The van der Waals surface area contributed by atoms with Crippen molar-refractivity contribution in [1.29, 1.82) is 0 Å². The topological polar surface area (TPSA) is 97.4 Å². The van der Waals surface area contributed by atoms with Crippen molar-refractivity contribution >= 4 is 29.3 Å². The minimum absolute atomic E-state index is 0.0104. The number of furan rings is 1. The van der Waals surface area contributed by atoms with Crippen LogP contribution in [0.25, 0.3) is 11.3 Å². The van der Waals surface area contributed by atoms with Crippen molar-refractivity contribution in [3.8, 4) is 11.3 Å². The van der Waals surface area contributed by atoms with E-state index in [0.29, 0.717) is 27.6 Å². The van der Waals surface area contributed by atoms with E-state index in [9.17, 15) is 23.2 Å². The summed E-state index contributed by atoms with van der Waals surface area (Å²) >= 11 is 6.25. The van der Waals surface area contributed by atoms with Crippen LogP contribution in [0.5, 0.6) is 0 Å². The van der Waals surface area contributed by atoms with E-state index >= 15 is 0 Å². The summed E-state index contributed by atoms with van der Waals surface area (Å²) in [6, 6.07) is 10.4. The van der Waals surface area contributed by atoms with Crippen LogP contribution in [0.4, 0.5) is 8.78 Å². The predicted octanol–water partition coefficient (Wildman–Crippen LogP) is 4.56. The number of nitrogens with one attached hydrogen (secondary N) is 1. The van der Waals surface area contributed by atoms with Crippen LogP contribution in [0.1, 0.15) is 42.6 Å². The van der Waals surface area contributed by atoms with E-state index in [1.165, 1.54) is 18.3 Å². The average molecular weight is 539 g/mol. The molecule has 0 spiro atoms. The number of hydrogen-bond donors (Lipinski definition) is 1. The van der Waals surface area contributed by atoms with Gasteiger partial charge in [0.2, 0.25) is 0 Å². The molecule has 2 aromatic heterocycles. The molecular weight excluding hydrogens is 518 g/mol. The Kier molecular flexibility index (Phi) is 6.58. The number of carbonyl (C=O) groups is 3. The fraction of sp³-hybridized carbons (Fsp3) is 0.185. The number of rotatable bonds is 7. The first-order valence-corrected chi connectivity index (χ1v) is 12.0. The van der Waals surface area contributed by atoms with E-state index in [4.69, 9.17) is 16.0 Å². The number of fused-ring (bicyclic) bond motifs is 1. The molecule has 11 heteroatoms. The monoisotopic (exact) mass is 538 g/mol. The van der Waals surface area contributed by atoms with Crippen LogP contribution in [-0.2, 0) is 13.5 Å². The van der Waals surface area contributed by atoms with Gasteiger partial charge in [-0.1, -0.05) is 29.8 Å². The van der Waals surface area contributed by atoms with E-state index in [2.05, 4.69) is 10.4 Å². The summed E-state index contributed by atoms with van der Waals surface area (Å²) in [5.74, 6) is -3.30. The molecule has 3 heterocycles. The van der Waals surface area contributed by atoms with Gasteiger partial charge in [0.1, 0.15) is 5.76 Å². The molecule has 0 radical (unpaired) electrons. The standard InChI is InChI=1S/C27H21ClF2N4O4/c1-14-19(24-20(28)12-31-33(24)2)11-23(38-14)25(35)32-16(9-15-7-8-21(29)22(30)10-15)13-34-26(36)17-5-3-4-6-18(17)27(34)37/h3-8,10-12,16H,9,13H2,1-2H3,(H,32,35). The Hall–Kier alpha value is -4.31. The molecule has 8 nitrogen and oxygen atoms in total. The number of aromatic nitrogens is 2. The van der Waals surface area contributed by atoms with E-state index in [-0.39, 0.29) is 29.9 Å². The predicted molar refractivity (Wildman–Crippen MR) is 134 cm³/mol. The van der Waals surface area contributed by atoms with Gasteiger partial charge in [-0.25, -0.2) is 8.78 Å². The van der Waals surface area contributed by atoms with Crippen LogP contribution in [0, 0.1) is 18.6 Å². The largest absolute Gasteiger partial charge is 0.455 e. The van der Waals surface area contributed by atoms with Gasteiger partial charge in [-0.2, -0.15) is 5.10 Å². The van der Waals surface area contributed by atoms with Crippen LogP contribution in [0.3, 0.4) is 0 Å². The van der Waals surface area contributed by atoms with Gasteiger partial charge in [-0.3, -0.25) is 24.0 Å². The first kappa shape index (κ1) is 25.3. The van der Waals surface area contributed by atoms with Crippen molar-refractivity contribution in [3.63, 3.8) is 0 Å². The Balaban J connectivity index is 1.42. The van der Waals surface area contributed by atoms with Crippen molar-refractivity contribution in [1.82, 2.24) is 20.0 Å². The highest BCUT2D eigenvalue weighted by molar-refractivity contribution is 6.33. The number of halogens is 3. The maximum atomic E-state index is 13.9. The van der Waals surface area contributed by atoms with Crippen molar-refractivity contribution in [2.24, 2.45) is 7.05 Å². The zero-order valence-corrected chi connectivity index (χ0v) is 21.1. The van der Waals surface area contributed by atoms with Crippen molar-refractivity contribution in [2.75, 3.05) is 6.54 Å². The van der Waals surface area contributed by atoms with Gasteiger partial charge >= 0.3 is 0 Å². The summed E-state index contributed by atoms with van der Waals surface area (Å²) in [6.45, 7) is 1.48. The molecule has 5 rings (SSSR count). The van der Waals surface area contributed by atoms with Gasteiger partial charge < -0.3 is 9.73 Å². The summed E-state index contributed by atoms with van der Waals surface area (Å²) in [5, 5.41) is 7.26. The number of aryl methyl sites for hydroxylation is 2. The number of nitrogens with zero attached hydrogens (tertiary/aromatic N) is 3. The minimum Gasteiger partial charge on any atom is -0.455 e. The number of hydrogen-bond acceptors (Lipinski definition) is 5. The summed E-state index contributed by atoms with van der Waals surface area (Å²) < 4.78 is 34.6.